The number of nitrogen functional groups attached to an aromatic ring is 1. The summed E-state index contributed by atoms with van der Waals surface area (Å²) >= 11 is 1.42. The topological polar surface area (TPSA) is 72.5 Å². The van der Waals surface area contributed by atoms with Crippen LogP contribution in [0.5, 0.6) is 5.75 Å². The molecule has 0 saturated heterocycles. The average molecular weight is 213 g/mol. The molecule has 0 amide bonds. The molecule has 0 heterocycles. The predicted octanol–water partition coefficient (Wildman–Crippen LogP) is 1.70. The summed E-state index contributed by atoms with van der Waals surface area (Å²) in [6, 6.07) is 3.04. The quantitative estimate of drug-likeness (QED) is 0.590. The first kappa shape index (κ1) is 10.7. The van der Waals surface area contributed by atoms with Gasteiger partial charge in [-0.3, -0.25) is 0 Å². The van der Waals surface area contributed by atoms with Crippen LogP contribution >= 0.6 is 11.8 Å². The van der Waals surface area contributed by atoms with Gasteiger partial charge >= 0.3 is 5.97 Å². The molecule has 1 rings (SSSR count). The summed E-state index contributed by atoms with van der Waals surface area (Å²) in [5, 5.41) is 8.82. The predicted molar refractivity (Wildman–Crippen MR) is 56.1 cm³/mol. The van der Waals surface area contributed by atoms with Crippen molar-refractivity contribution >= 4 is 23.4 Å². The average Bonchev–Trinajstić information content (AvgIpc) is 2.16. The fourth-order valence-corrected chi connectivity index (χ4v) is 1.66. The summed E-state index contributed by atoms with van der Waals surface area (Å²) < 4.78 is 5.06. The van der Waals surface area contributed by atoms with E-state index < -0.39 is 5.97 Å². The Kier molecular flexibility index (Phi) is 3.24. The number of hydrogen-bond acceptors (Lipinski definition) is 4. The van der Waals surface area contributed by atoms with Crippen LogP contribution in [-0.4, -0.2) is 24.4 Å². The number of anilines is 1. The van der Waals surface area contributed by atoms with E-state index in [4.69, 9.17) is 15.6 Å². The van der Waals surface area contributed by atoms with Crippen molar-refractivity contribution in [2.24, 2.45) is 0 Å². The molecule has 0 saturated carbocycles. The van der Waals surface area contributed by atoms with Crippen LogP contribution in [0.25, 0.3) is 0 Å². The molecule has 0 radical (unpaired) electrons. The Morgan fingerprint density at radius 1 is 1.57 bits per heavy atom. The molecule has 4 nitrogen and oxygen atoms in total. The second-order valence-corrected chi connectivity index (χ2v) is 3.45. The summed E-state index contributed by atoms with van der Waals surface area (Å²) in [5.74, 6) is -0.430. The maximum atomic E-state index is 10.8. The number of methoxy groups -OCH3 is 1. The number of rotatable bonds is 3. The van der Waals surface area contributed by atoms with Crippen LogP contribution < -0.4 is 10.5 Å². The normalized spacial score (nSPS) is 9.86. The van der Waals surface area contributed by atoms with Gasteiger partial charge in [0.15, 0.2) is 0 Å². The molecule has 0 spiro atoms. The van der Waals surface area contributed by atoms with E-state index in [9.17, 15) is 4.79 Å². The van der Waals surface area contributed by atoms with Crippen LogP contribution in [-0.2, 0) is 0 Å². The number of thioether (sulfide) groups is 1. The smallest absolute Gasteiger partial charge is 0.337 e. The van der Waals surface area contributed by atoms with Gasteiger partial charge in [-0.25, -0.2) is 4.79 Å². The van der Waals surface area contributed by atoms with Gasteiger partial charge in [0.1, 0.15) is 5.75 Å². The van der Waals surface area contributed by atoms with Crippen molar-refractivity contribution in [1.82, 2.24) is 0 Å². The van der Waals surface area contributed by atoms with E-state index in [1.54, 1.807) is 0 Å². The SMILES string of the molecule is COc1cc(N)c(C(=O)O)cc1SC. The van der Waals surface area contributed by atoms with E-state index in [1.807, 2.05) is 6.26 Å². The lowest BCUT2D eigenvalue weighted by Crippen LogP contribution is -2.03. The van der Waals surface area contributed by atoms with Crippen molar-refractivity contribution < 1.29 is 14.6 Å². The zero-order valence-corrected chi connectivity index (χ0v) is 8.72. The Morgan fingerprint density at radius 3 is 2.64 bits per heavy atom. The van der Waals surface area contributed by atoms with Gasteiger partial charge in [0.2, 0.25) is 0 Å². The highest BCUT2D eigenvalue weighted by atomic mass is 32.2. The fraction of sp³-hybridized carbons (Fsp3) is 0.222. The molecule has 0 aliphatic rings. The van der Waals surface area contributed by atoms with Crippen molar-refractivity contribution in [1.29, 1.82) is 0 Å². The first-order valence-electron chi connectivity index (χ1n) is 3.85. The molecule has 1 aromatic carbocycles. The number of hydrogen-bond donors (Lipinski definition) is 2. The van der Waals surface area contributed by atoms with Crippen molar-refractivity contribution in [3.63, 3.8) is 0 Å². The molecule has 0 atom stereocenters. The van der Waals surface area contributed by atoms with Crippen molar-refractivity contribution in [3.05, 3.63) is 17.7 Å². The van der Waals surface area contributed by atoms with Crippen LogP contribution in [0.1, 0.15) is 10.4 Å². The highest BCUT2D eigenvalue weighted by molar-refractivity contribution is 7.98. The minimum atomic E-state index is -1.03. The second kappa shape index (κ2) is 4.23. The molecular weight excluding hydrogens is 202 g/mol. The van der Waals surface area contributed by atoms with Gasteiger partial charge in [0.25, 0.3) is 0 Å². The summed E-state index contributed by atoms with van der Waals surface area (Å²) in [6.07, 6.45) is 1.85. The third-order valence-corrected chi connectivity index (χ3v) is 2.54. The number of carboxylic acids is 1. The molecule has 0 aliphatic carbocycles. The van der Waals surface area contributed by atoms with Crippen molar-refractivity contribution in [2.75, 3.05) is 19.1 Å². The molecule has 0 bridgehead atoms. The molecule has 0 aliphatic heterocycles. The molecule has 5 heteroatoms. The highest BCUT2D eigenvalue weighted by Crippen LogP contribution is 2.31. The van der Waals surface area contributed by atoms with E-state index in [-0.39, 0.29) is 11.3 Å². The number of aromatic carboxylic acids is 1. The molecule has 1 aromatic rings. The van der Waals surface area contributed by atoms with Crippen molar-refractivity contribution in [2.45, 2.75) is 4.90 Å². The van der Waals surface area contributed by atoms with Gasteiger partial charge in [0.05, 0.1) is 17.6 Å². The molecule has 3 N–H and O–H groups in total. The first-order valence-corrected chi connectivity index (χ1v) is 5.07. The van der Waals surface area contributed by atoms with E-state index in [1.165, 1.54) is 31.0 Å². The Hall–Kier alpha value is -1.36. The molecular formula is C9H11NO3S. The maximum absolute atomic E-state index is 10.8. The van der Waals surface area contributed by atoms with Crippen LogP contribution in [0.15, 0.2) is 17.0 Å². The summed E-state index contributed by atoms with van der Waals surface area (Å²) in [6.45, 7) is 0. The Balaban J connectivity index is 3.30. The maximum Gasteiger partial charge on any atom is 0.337 e. The zero-order valence-electron chi connectivity index (χ0n) is 7.90. The van der Waals surface area contributed by atoms with Gasteiger partial charge in [-0.2, -0.15) is 0 Å². The van der Waals surface area contributed by atoms with Gasteiger partial charge in [-0.05, 0) is 12.3 Å². The lowest BCUT2D eigenvalue weighted by molar-refractivity contribution is 0.0697. The lowest BCUT2D eigenvalue weighted by atomic mass is 10.2. The summed E-state index contributed by atoms with van der Waals surface area (Å²) in [4.78, 5) is 11.5. The molecule has 14 heavy (non-hydrogen) atoms. The minimum absolute atomic E-state index is 0.107. The van der Waals surface area contributed by atoms with Gasteiger partial charge in [-0.15, -0.1) is 11.8 Å². The van der Waals surface area contributed by atoms with Gasteiger partial charge in [0, 0.05) is 11.8 Å². The van der Waals surface area contributed by atoms with E-state index in [0.29, 0.717) is 5.75 Å². The van der Waals surface area contributed by atoms with E-state index in [0.717, 1.165) is 4.90 Å². The fourth-order valence-electron chi connectivity index (χ4n) is 1.08. The third kappa shape index (κ3) is 1.93. The lowest BCUT2D eigenvalue weighted by Gasteiger charge is -2.09. The van der Waals surface area contributed by atoms with Gasteiger partial charge in [-0.1, -0.05) is 0 Å². The monoisotopic (exact) mass is 213 g/mol. The minimum Gasteiger partial charge on any atom is -0.496 e. The van der Waals surface area contributed by atoms with Crippen molar-refractivity contribution in [3.8, 4) is 5.75 Å². The molecule has 0 aromatic heterocycles. The van der Waals surface area contributed by atoms with Crippen LogP contribution in [0.3, 0.4) is 0 Å². The number of nitrogens with two attached hydrogens (primary N) is 1. The molecule has 0 fully saturated rings. The van der Waals surface area contributed by atoms with Crippen LogP contribution in [0.4, 0.5) is 5.69 Å². The number of carbonyl (C=O) groups is 1. The van der Waals surface area contributed by atoms with E-state index >= 15 is 0 Å². The van der Waals surface area contributed by atoms with E-state index in [2.05, 4.69) is 0 Å². The highest BCUT2D eigenvalue weighted by Gasteiger charge is 2.12. The number of ether oxygens (including phenoxy) is 1. The standard InChI is InChI=1S/C9H11NO3S/c1-13-7-4-6(10)5(9(11)12)3-8(7)14-2/h3-4H,10H2,1-2H3,(H,11,12). The largest absolute Gasteiger partial charge is 0.496 e. The Bertz CT molecular complexity index is 365. The second-order valence-electron chi connectivity index (χ2n) is 2.60. The van der Waals surface area contributed by atoms with Gasteiger partial charge < -0.3 is 15.6 Å². The Labute approximate surface area is 86.1 Å². The molecule has 0 unspecified atom stereocenters. The van der Waals surface area contributed by atoms with Crippen LogP contribution in [0, 0.1) is 0 Å². The Morgan fingerprint density at radius 2 is 2.21 bits per heavy atom. The summed E-state index contributed by atoms with van der Waals surface area (Å²) in [5.41, 5.74) is 5.87. The van der Waals surface area contributed by atoms with Crippen LogP contribution in [0.2, 0.25) is 0 Å². The zero-order chi connectivity index (χ0) is 10.7. The molecule has 76 valence electrons. The third-order valence-electron chi connectivity index (χ3n) is 1.79. The number of benzene rings is 1. The number of carboxylic acid groups (broad SMARTS) is 1. The summed E-state index contributed by atoms with van der Waals surface area (Å²) in [7, 11) is 1.52. The first-order chi connectivity index (χ1) is 6.60.